The maximum Gasteiger partial charge on any atom is 0.274 e. The number of hydrogen-bond acceptors (Lipinski definition) is 6. The second-order valence-electron chi connectivity index (χ2n) is 5.51. The van der Waals surface area contributed by atoms with E-state index in [1.165, 1.54) is 31.2 Å². The lowest BCUT2D eigenvalue weighted by atomic mass is 10.2. The summed E-state index contributed by atoms with van der Waals surface area (Å²) in [5.74, 6) is -0.639. The van der Waals surface area contributed by atoms with Crippen molar-refractivity contribution in [1.29, 1.82) is 0 Å². The summed E-state index contributed by atoms with van der Waals surface area (Å²) in [5, 5.41) is -0.689. The van der Waals surface area contributed by atoms with Gasteiger partial charge in [0.1, 0.15) is 16.5 Å². The minimum atomic E-state index is -3.70. The summed E-state index contributed by atoms with van der Waals surface area (Å²) in [6, 6.07) is 5.70. The maximum atomic E-state index is 13.0. The zero-order chi connectivity index (χ0) is 21.1. The Balaban J connectivity index is 2.10. The summed E-state index contributed by atoms with van der Waals surface area (Å²) >= 11 is 11.5. The molecule has 1 unspecified atom stereocenters. The minimum absolute atomic E-state index is 0.206. The second kappa shape index (κ2) is 8.89. The average Bonchev–Trinajstić information content (AvgIpc) is 2.57. The van der Waals surface area contributed by atoms with E-state index >= 15 is 0 Å². The molecule has 0 fully saturated rings. The van der Waals surface area contributed by atoms with Gasteiger partial charge in [-0.2, -0.15) is 0 Å². The zero-order valence-electron chi connectivity index (χ0n) is 14.5. The van der Waals surface area contributed by atoms with Gasteiger partial charge in [-0.1, -0.05) is 23.2 Å². The van der Waals surface area contributed by atoms with Gasteiger partial charge < -0.3 is 9.47 Å². The number of aromatic nitrogens is 1. The van der Waals surface area contributed by atoms with Crippen molar-refractivity contribution >= 4 is 39.1 Å². The molecular formula is C16H14Cl2F2N2O5S. The first kappa shape index (κ1) is 22.1. The van der Waals surface area contributed by atoms with Crippen molar-refractivity contribution in [2.75, 3.05) is 6.26 Å². The average molecular weight is 455 g/mol. The van der Waals surface area contributed by atoms with Crippen LogP contribution in [0.4, 0.5) is 8.78 Å². The zero-order valence-corrected chi connectivity index (χ0v) is 16.8. The van der Waals surface area contributed by atoms with E-state index in [2.05, 4.69) is 4.98 Å². The molecule has 1 atom stereocenters. The molecule has 0 saturated heterocycles. The standard InChI is InChI=1S/C16H14Cl2F2N2O5S/c1-8(15(23)22-28(2,24)25)26-9-3-5-10(6-4-9)27-16-13(18)12(14(19)20)11(17)7-21-16/h3-8,14H,1-2H3,(H,22,23). The van der Waals surface area contributed by atoms with E-state index < -0.39 is 39.0 Å². The molecule has 1 amide bonds. The molecule has 0 aliphatic rings. The Bertz CT molecular complexity index is 972. The lowest BCUT2D eigenvalue weighted by molar-refractivity contribution is -0.125. The van der Waals surface area contributed by atoms with E-state index in [-0.39, 0.29) is 22.4 Å². The van der Waals surface area contributed by atoms with Crippen molar-refractivity contribution in [2.24, 2.45) is 0 Å². The monoisotopic (exact) mass is 454 g/mol. The highest BCUT2D eigenvalue weighted by Crippen LogP contribution is 2.39. The fourth-order valence-electron chi connectivity index (χ4n) is 1.95. The molecule has 28 heavy (non-hydrogen) atoms. The first-order valence-corrected chi connectivity index (χ1v) is 10.2. The van der Waals surface area contributed by atoms with Crippen LogP contribution >= 0.6 is 23.2 Å². The lowest BCUT2D eigenvalue weighted by Crippen LogP contribution is -2.39. The molecule has 0 spiro atoms. The van der Waals surface area contributed by atoms with Crippen LogP contribution in [0.15, 0.2) is 30.5 Å². The third-order valence-electron chi connectivity index (χ3n) is 3.20. The number of pyridine rings is 1. The second-order valence-corrected chi connectivity index (χ2v) is 8.05. The van der Waals surface area contributed by atoms with Gasteiger partial charge in [0.15, 0.2) is 6.10 Å². The smallest absolute Gasteiger partial charge is 0.274 e. The quantitative estimate of drug-likeness (QED) is 0.680. The van der Waals surface area contributed by atoms with Crippen LogP contribution in [-0.4, -0.2) is 31.7 Å². The fourth-order valence-corrected chi connectivity index (χ4v) is 3.03. The van der Waals surface area contributed by atoms with Gasteiger partial charge in [0.2, 0.25) is 15.9 Å². The molecule has 2 aromatic rings. The van der Waals surface area contributed by atoms with Gasteiger partial charge in [0.05, 0.1) is 23.0 Å². The Hall–Kier alpha value is -2.17. The van der Waals surface area contributed by atoms with Crippen LogP contribution in [-0.2, 0) is 14.8 Å². The summed E-state index contributed by atoms with van der Waals surface area (Å²) in [4.78, 5) is 15.5. The molecule has 12 heteroatoms. The number of halogens is 4. The summed E-state index contributed by atoms with van der Waals surface area (Å²) in [7, 11) is -3.70. The summed E-state index contributed by atoms with van der Waals surface area (Å²) in [5.41, 5.74) is -0.584. The van der Waals surface area contributed by atoms with Crippen LogP contribution in [0.1, 0.15) is 18.9 Å². The predicted octanol–water partition coefficient (Wildman–Crippen LogP) is 3.96. The number of alkyl halides is 2. The SMILES string of the molecule is CC(Oc1ccc(Oc2ncc(Cl)c(C(F)F)c2Cl)cc1)C(=O)NS(C)(=O)=O. The molecule has 0 bridgehead atoms. The first-order valence-electron chi connectivity index (χ1n) is 7.56. The van der Waals surface area contributed by atoms with Crippen molar-refractivity contribution in [1.82, 2.24) is 9.71 Å². The molecule has 0 aliphatic carbocycles. The van der Waals surface area contributed by atoms with E-state index in [4.69, 9.17) is 32.7 Å². The topological polar surface area (TPSA) is 94.6 Å². The van der Waals surface area contributed by atoms with Crippen molar-refractivity contribution in [3.8, 4) is 17.4 Å². The van der Waals surface area contributed by atoms with Crippen LogP contribution in [0.3, 0.4) is 0 Å². The van der Waals surface area contributed by atoms with Crippen LogP contribution < -0.4 is 14.2 Å². The molecular weight excluding hydrogens is 441 g/mol. The number of hydrogen-bond donors (Lipinski definition) is 1. The molecule has 2 rings (SSSR count). The van der Waals surface area contributed by atoms with E-state index in [0.29, 0.717) is 0 Å². The molecule has 7 nitrogen and oxygen atoms in total. The maximum absolute atomic E-state index is 13.0. The third kappa shape index (κ3) is 5.91. The number of carbonyl (C=O) groups excluding carboxylic acids is 1. The molecule has 1 aromatic heterocycles. The molecule has 1 heterocycles. The Morgan fingerprint density at radius 2 is 1.75 bits per heavy atom. The van der Waals surface area contributed by atoms with Gasteiger partial charge in [0.25, 0.3) is 12.3 Å². The molecule has 0 aliphatic heterocycles. The van der Waals surface area contributed by atoms with E-state index in [1.54, 1.807) is 4.72 Å². The number of amides is 1. The summed E-state index contributed by atoms with van der Waals surface area (Å²) < 4.78 is 60.6. The molecule has 0 saturated carbocycles. The highest BCUT2D eigenvalue weighted by atomic mass is 35.5. The number of ether oxygens (including phenoxy) is 2. The number of benzene rings is 1. The minimum Gasteiger partial charge on any atom is -0.481 e. The number of rotatable bonds is 7. The van der Waals surface area contributed by atoms with Gasteiger partial charge in [-0.3, -0.25) is 9.52 Å². The normalized spacial score (nSPS) is 12.5. The van der Waals surface area contributed by atoms with Gasteiger partial charge in [0, 0.05) is 0 Å². The third-order valence-corrected chi connectivity index (χ3v) is 4.44. The first-order chi connectivity index (χ1) is 13.0. The highest BCUT2D eigenvalue weighted by molar-refractivity contribution is 7.89. The molecule has 0 radical (unpaired) electrons. The Morgan fingerprint density at radius 1 is 1.18 bits per heavy atom. The van der Waals surface area contributed by atoms with Crippen LogP contribution in [0, 0.1) is 0 Å². The van der Waals surface area contributed by atoms with Crippen LogP contribution in [0.2, 0.25) is 10.0 Å². The van der Waals surface area contributed by atoms with Gasteiger partial charge >= 0.3 is 0 Å². The van der Waals surface area contributed by atoms with Crippen molar-refractivity contribution in [3.63, 3.8) is 0 Å². The Morgan fingerprint density at radius 3 is 2.29 bits per heavy atom. The molecule has 1 N–H and O–H groups in total. The summed E-state index contributed by atoms with van der Waals surface area (Å²) in [6.07, 6.45) is -2.13. The van der Waals surface area contributed by atoms with Crippen molar-refractivity contribution in [2.45, 2.75) is 19.5 Å². The number of nitrogens with zero attached hydrogens (tertiary/aromatic N) is 1. The highest BCUT2D eigenvalue weighted by Gasteiger charge is 2.22. The molecule has 152 valence electrons. The van der Waals surface area contributed by atoms with Crippen molar-refractivity contribution in [3.05, 3.63) is 46.1 Å². The van der Waals surface area contributed by atoms with Crippen molar-refractivity contribution < 1.29 is 31.5 Å². The Labute approximate surface area is 169 Å². The van der Waals surface area contributed by atoms with Gasteiger partial charge in [-0.25, -0.2) is 22.2 Å². The van der Waals surface area contributed by atoms with Gasteiger partial charge in [-0.05, 0) is 31.2 Å². The largest absolute Gasteiger partial charge is 0.481 e. The fraction of sp³-hybridized carbons (Fsp3) is 0.250. The summed E-state index contributed by atoms with van der Waals surface area (Å²) in [6.45, 7) is 1.37. The van der Waals surface area contributed by atoms with Crippen LogP contribution in [0.5, 0.6) is 17.4 Å². The number of nitrogens with one attached hydrogen (secondary N) is 1. The van der Waals surface area contributed by atoms with E-state index in [9.17, 15) is 22.0 Å². The lowest BCUT2D eigenvalue weighted by Gasteiger charge is -2.14. The number of sulfonamides is 1. The Kier molecular flexibility index (Phi) is 7.02. The van der Waals surface area contributed by atoms with Gasteiger partial charge in [-0.15, -0.1) is 0 Å². The van der Waals surface area contributed by atoms with Crippen LogP contribution in [0.25, 0.3) is 0 Å². The molecule has 1 aromatic carbocycles. The predicted molar refractivity (Wildman–Crippen MR) is 98.8 cm³/mol. The van der Waals surface area contributed by atoms with E-state index in [0.717, 1.165) is 12.5 Å². The number of carbonyl (C=O) groups is 1. The van der Waals surface area contributed by atoms with E-state index in [1.807, 2.05) is 0 Å².